The van der Waals surface area contributed by atoms with Gasteiger partial charge in [0.1, 0.15) is 11.4 Å². The molecule has 0 aliphatic heterocycles. The molecule has 110 valence electrons. The van der Waals surface area contributed by atoms with Gasteiger partial charge in [-0.2, -0.15) is 0 Å². The lowest BCUT2D eigenvalue weighted by Gasteiger charge is -2.34. The number of nitrogens with zero attached hydrogens (tertiary/aromatic N) is 1. The first-order valence-corrected chi connectivity index (χ1v) is 6.85. The van der Waals surface area contributed by atoms with Crippen molar-refractivity contribution in [1.29, 1.82) is 0 Å². The normalized spacial score (nSPS) is 19.1. The van der Waals surface area contributed by atoms with Gasteiger partial charge in [0.2, 0.25) is 0 Å². The molecular weight excluding hydrogens is 260 g/mol. The Balaban J connectivity index is 1.97. The average Bonchev–Trinajstić information content (AvgIpc) is 2.93. The van der Waals surface area contributed by atoms with Gasteiger partial charge in [-0.3, -0.25) is 0 Å². The first kappa shape index (κ1) is 14.4. The zero-order valence-corrected chi connectivity index (χ0v) is 11.5. The molecular formula is C13H20N4O3. The van der Waals surface area contributed by atoms with Crippen LogP contribution in [0.1, 0.15) is 50.9 Å². The average molecular weight is 280 g/mol. The third-order valence-corrected chi connectivity index (χ3v) is 3.75. The Bertz CT molecular complexity index is 466. The SMILES string of the molecule is CC(NC(=O)NC1(C(=O)O)CCCCC1)c1ncc[nH]1. The lowest BCUT2D eigenvalue weighted by Crippen LogP contribution is -2.58. The summed E-state index contributed by atoms with van der Waals surface area (Å²) in [7, 11) is 0. The molecule has 2 rings (SSSR count). The molecule has 1 atom stereocenters. The summed E-state index contributed by atoms with van der Waals surface area (Å²) < 4.78 is 0. The van der Waals surface area contributed by atoms with Gasteiger partial charge in [-0.05, 0) is 19.8 Å². The van der Waals surface area contributed by atoms with Crippen LogP contribution >= 0.6 is 0 Å². The zero-order valence-electron chi connectivity index (χ0n) is 11.5. The minimum Gasteiger partial charge on any atom is -0.480 e. The predicted molar refractivity (Wildman–Crippen MR) is 72.1 cm³/mol. The van der Waals surface area contributed by atoms with E-state index < -0.39 is 17.5 Å². The number of aromatic nitrogens is 2. The van der Waals surface area contributed by atoms with Gasteiger partial charge in [-0.1, -0.05) is 19.3 Å². The van der Waals surface area contributed by atoms with Crippen LogP contribution in [0.4, 0.5) is 4.79 Å². The maximum atomic E-state index is 12.0. The Morgan fingerprint density at radius 2 is 2.10 bits per heavy atom. The Morgan fingerprint density at radius 1 is 1.40 bits per heavy atom. The second kappa shape index (κ2) is 5.94. The van der Waals surface area contributed by atoms with Crippen LogP contribution in [0.25, 0.3) is 0 Å². The number of aromatic amines is 1. The molecule has 7 heteroatoms. The fourth-order valence-electron chi connectivity index (χ4n) is 2.58. The summed E-state index contributed by atoms with van der Waals surface area (Å²) in [5, 5.41) is 14.7. The number of carbonyl (C=O) groups excluding carboxylic acids is 1. The smallest absolute Gasteiger partial charge is 0.329 e. The van der Waals surface area contributed by atoms with Crippen molar-refractivity contribution < 1.29 is 14.7 Å². The molecule has 4 N–H and O–H groups in total. The van der Waals surface area contributed by atoms with Gasteiger partial charge >= 0.3 is 12.0 Å². The van der Waals surface area contributed by atoms with Crippen LogP contribution in [0, 0.1) is 0 Å². The van der Waals surface area contributed by atoms with Crippen molar-refractivity contribution in [2.24, 2.45) is 0 Å². The summed E-state index contributed by atoms with van der Waals surface area (Å²) in [5.74, 6) is -0.328. The van der Waals surface area contributed by atoms with Gasteiger partial charge in [0.25, 0.3) is 0 Å². The van der Waals surface area contributed by atoms with E-state index >= 15 is 0 Å². The van der Waals surface area contributed by atoms with Gasteiger partial charge in [0, 0.05) is 12.4 Å². The van der Waals surface area contributed by atoms with Gasteiger partial charge < -0.3 is 20.7 Å². The highest BCUT2D eigenvalue weighted by Crippen LogP contribution is 2.28. The summed E-state index contributed by atoms with van der Waals surface area (Å²) in [4.78, 5) is 30.4. The summed E-state index contributed by atoms with van der Waals surface area (Å²) in [6.07, 6.45) is 6.88. The largest absolute Gasteiger partial charge is 0.480 e. The van der Waals surface area contributed by atoms with Gasteiger partial charge in [-0.25, -0.2) is 14.6 Å². The number of urea groups is 1. The van der Waals surface area contributed by atoms with E-state index in [9.17, 15) is 14.7 Å². The fraction of sp³-hybridized carbons (Fsp3) is 0.615. The summed E-state index contributed by atoms with van der Waals surface area (Å²) in [6, 6.07) is -0.780. The van der Waals surface area contributed by atoms with Crippen molar-refractivity contribution in [2.75, 3.05) is 0 Å². The van der Waals surface area contributed by atoms with Crippen LogP contribution in [0.3, 0.4) is 0 Å². The molecule has 0 aromatic carbocycles. The molecule has 1 aromatic heterocycles. The summed E-state index contributed by atoms with van der Waals surface area (Å²) >= 11 is 0. The number of H-pyrrole nitrogens is 1. The molecule has 2 amide bonds. The van der Waals surface area contributed by atoms with Crippen LogP contribution in [-0.2, 0) is 4.79 Å². The molecule has 1 aromatic rings. The van der Waals surface area contributed by atoms with E-state index in [4.69, 9.17) is 0 Å². The molecule has 1 aliphatic rings. The van der Waals surface area contributed by atoms with Crippen molar-refractivity contribution in [2.45, 2.75) is 50.6 Å². The first-order chi connectivity index (χ1) is 9.53. The van der Waals surface area contributed by atoms with Crippen molar-refractivity contribution in [3.8, 4) is 0 Å². The summed E-state index contributed by atoms with van der Waals surface area (Å²) in [6.45, 7) is 1.78. The Kier molecular flexibility index (Phi) is 4.26. The molecule has 7 nitrogen and oxygen atoms in total. The Hall–Kier alpha value is -2.05. The number of aliphatic carboxylic acids is 1. The molecule has 0 saturated heterocycles. The minimum absolute atomic E-state index is 0.306. The van der Waals surface area contributed by atoms with Crippen LogP contribution in [-0.4, -0.2) is 32.6 Å². The number of hydrogen-bond donors (Lipinski definition) is 4. The van der Waals surface area contributed by atoms with E-state index in [1.165, 1.54) is 0 Å². The van der Waals surface area contributed by atoms with Crippen molar-refractivity contribution >= 4 is 12.0 Å². The van der Waals surface area contributed by atoms with E-state index in [-0.39, 0.29) is 6.04 Å². The van der Waals surface area contributed by atoms with E-state index in [1.54, 1.807) is 19.3 Å². The van der Waals surface area contributed by atoms with E-state index in [1.807, 2.05) is 0 Å². The minimum atomic E-state index is -1.13. The molecule has 0 radical (unpaired) electrons. The number of amides is 2. The molecule has 1 saturated carbocycles. The molecule has 20 heavy (non-hydrogen) atoms. The van der Waals surface area contributed by atoms with Crippen LogP contribution in [0.5, 0.6) is 0 Å². The maximum absolute atomic E-state index is 12.0. The van der Waals surface area contributed by atoms with E-state index in [0.717, 1.165) is 19.3 Å². The van der Waals surface area contributed by atoms with Crippen molar-refractivity contribution in [3.05, 3.63) is 18.2 Å². The second-order valence-corrected chi connectivity index (χ2v) is 5.24. The van der Waals surface area contributed by atoms with Crippen LogP contribution in [0.15, 0.2) is 12.4 Å². The van der Waals surface area contributed by atoms with Crippen LogP contribution < -0.4 is 10.6 Å². The number of imidazole rings is 1. The lowest BCUT2D eigenvalue weighted by atomic mass is 9.82. The van der Waals surface area contributed by atoms with Gasteiger partial charge in [0.05, 0.1) is 6.04 Å². The topological polar surface area (TPSA) is 107 Å². The van der Waals surface area contributed by atoms with Gasteiger partial charge in [-0.15, -0.1) is 0 Å². The third-order valence-electron chi connectivity index (χ3n) is 3.75. The van der Waals surface area contributed by atoms with Crippen molar-refractivity contribution in [1.82, 2.24) is 20.6 Å². The lowest BCUT2D eigenvalue weighted by molar-refractivity contribution is -0.145. The standard InChI is InChI=1S/C13H20N4O3/c1-9(10-14-7-8-15-10)16-12(20)17-13(11(18)19)5-3-2-4-6-13/h7-9H,2-6H2,1H3,(H,14,15)(H,18,19)(H2,16,17,20). The number of carbonyl (C=O) groups is 2. The molecule has 1 fully saturated rings. The number of carboxylic acid groups (broad SMARTS) is 1. The fourth-order valence-corrected chi connectivity index (χ4v) is 2.58. The van der Waals surface area contributed by atoms with E-state index in [2.05, 4.69) is 20.6 Å². The molecule has 1 aliphatic carbocycles. The quantitative estimate of drug-likeness (QED) is 0.671. The summed E-state index contributed by atoms with van der Waals surface area (Å²) in [5.41, 5.74) is -1.13. The van der Waals surface area contributed by atoms with Crippen molar-refractivity contribution in [3.63, 3.8) is 0 Å². The number of carboxylic acids is 1. The Labute approximate surface area is 117 Å². The van der Waals surface area contributed by atoms with Crippen LogP contribution in [0.2, 0.25) is 0 Å². The number of rotatable bonds is 4. The van der Waals surface area contributed by atoms with E-state index in [0.29, 0.717) is 18.7 Å². The molecule has 0 bridgehead atoms. The first-order valence-electron chi connectivity index (χ1n) is 6.85. The third kappa shape index (κ3) is 3.09. The highest BCUT2D eigenvalue weighted by molar-refractivity contribution is 5.86. The maximum Gasteiger partial charge on any atom is 0.329 e. The predicted octanol–water partition coefficient (Wildman–Crippen LogP) is 1.56. The molecule has 1 heterocycles. The second-order valence-electron chi connectivity index (χ2n) is 5.24. The number of hydrogen-bond acceptors (Lipinski definition) is 3. The number of nitrogens with one attached hydrogen (secondary N) is 3. The highest BCUT2D eigenvalue weighted by atomic mass is 16.4. The Morgan fingerprint density at radius 3 is 2.65 bits per heavy atom. The molecule has 1 unspecified atom stereocenters. The zero-order chi connectivity index (χ0) is 14.6. The molecule has 0 spiro atoms. The monoisotopic (exact) mass is 280 g/mol. The highest BCUT2D eigenvalue weighted by Gasteiger charge is 2.41. The van der Waals surface area contributed by atoms with Gasteiger partial charge in [0.15, 0.2) is 0 Å².